The Hall–Kier alpha value is -4.57. The van der Waals surface area contributed by atoms with Gasteiger partial charge in [-0.05, 0) is 92.4 Å². The van der Waals surface area contributed by atoms with E-state index in [1.807, 2.05) is 66.5 Å². The highest BCUT2D eigenvalue weighted by Crippen LogP contribution is 2.47. The molecule has 1 atom stereocenters. The molecule has 1 saturated heterocycles. The third-order valence-electron chi connectivity index (χ3n) is 11.8. The maximum absolute atomic E-state index is 14.7. The van der Waals surface area contributed by atoms with Crippen LogP contribution in [0.3, 0.4) is 0 Å². The number of likely N-dealkylation sites (tertiary alicyclic amines) is 1. The van der Waals surface area contributed by atoms with Crippen molar-refractivity contribution >= 4 is 35.1 Å². The van der Waals surface area contributed by atoms with Crippen LogP contribution in [0, 0.1) is 11.3 Å². The van der Waals surface area contributed by atoms with Gasteiger partial charge in [-0.3, -0.25) is 19.2 Å². The molecule has 7 rings (SSSR count). The molecule has 2 aliphatic carbocycles. The van der Waals surface area contributed by atoms with E-state index in [0.717, 1.165) is 53.5 Å². The monoisotopic (exact) mass is 676 g/mol. The van der Waals surface area contributed by atoms with E-state index in [1.54, 1.807) is 11.1 Å². The van der Waals surface area contributed by atoms with Gasteiger partial charge in [-0.1, -0.05) is 56.2 Å². The fourth-order valence-corrected chi connectivity index (χ4v) is 8.84. The number of nitrogens with one attached hydrogen (secondary N) is 3. The third kappa shape index (κ3) is 6.30. The molecule has 4 aliphatic rings. The van der Waals surface area contributed by atoms with Crippen LogP contribution in [0.5, 0.6) is 0 Å². The van der Waals surface area contributed by atoms with Crippen molar-refractivity contribution in [2.24, 2.45) is 11.3 Å². The van der Waals surface area contributed by atoms with Crippen LogP contribution in [-0.4, -0.2) is 65.1 Å². The molecule has 2 fully saturated rings. The zero-order valence-electron chi connectivity index (χ0n) is 29.2. The molecule has 2 aliphatic heterocycles. The van der Waals surface area contributed by atoms with Crippen molar-refractivity contribution in [3.63, 3.8) is 0 Å². The Morgan fingerprint density at radius 1 is 0.980 bits per heavy atom. The molecule has 10 heteroatoms. The highest BCUT2D eigenvalue weighted by atomic mass is 16.2. The van der Waals surface area contributed by atoms with E-state index in [-0.39, 0.29) is 36.1 Å². The summed E-state index contributed by atoms with van der Waals surface area (Å²) >= 11 is 0. The predicted molar refractivity (Wildman–Crippen MR) is 192 cm³/mol. The standard InChI is InChI=1S/C40H48N6O4/c1-3-39(16-19-45(20-17-39)36(48)27-9-4-5-10-27)38(50)46(25-30-12-7-6-11-29(30)24-41-2)26-34(47)43-32-15-14-28-22-40(23-31(28)21-32)33-13-8-18-42-35(33)44-37(40)49/h6-8,11-15,18,21,27,41H,3-5,9-10,16-17,19-20,22-26H2,1-2H3,(H,43,47)(H,42,44,49)/t40-/m1/s1. The van der Waals surface area contributed by atoms with E-state index in [2.05, 4.69) is 27.9 Å². The number of nitrogens with zero attached hydrogens (tertiary/aromatic N) is 3. The van der Waals surface area contributed by atoms with Gasteiger partial charge < -0.3 is 25.8 Å². The summed E-state index contributed by atoms with van der Waals surface area (Å²) in [6.07, 6.45) is 8.79. The molecule has 4 amide bonds. The van der Waals surface area contributed by atoms with Gasteiger partial charge in [0.05, 0.1) is 10.8 Å². The second-order valence-electron chi connectivity index (χ2n) is 14.7. The number of carbonyl (C=O) groups is 4. The maximum atomic E-state index is 14.7. The number of piperidine rings is 1. The van der Waals surface area contributed by atoms with Crippen molar-refractivity contribution in [2.75, 3.05) is 37.3 Å². The summed E-state index contributed by atoms with van der Waals surface area (Å²) in [5, 5.41) is 9.24. The average molecular weight is 677 g/mol. The minimum Gasteiger partial charge on any atom is -0.342 e. The molecule has 262 valence electrons. The van der Waals surface area contributed by atoms with Gasteiger partial charge in [0.1, 0.15) is 12.4 Å². The number of hydrogen-bond acceptors (Lipinski definition) is 6. The summed E-state index contributed by atoms with van der Waals surface area (Å²) in [5.74, 6) is 0.640. The highest BCUT2D eigenvalue weighted by Gasteiger charge is 2.51. The fraction of sp³-hybridized carbons (Fsp3) is 0.475. The van der Waals surface area contributed by atoms with E-state index in [0.29, 0.717) is 69.8 Å². The Labute approximate surface area is 294 Å². The van der Waals surface area contributed by atoms with Crippen LogP contribution in [-0.2, 0) is 50.5 Å². The molecule has 3 aromatic rings. The van der Waals surface area contributed by atoms with Crippen molar-refractivity contribution in [2.45, 2.75) is 83.2 Å². The summed E-state index contributed by atoms with van der Waals surface area (Å²) in [4.78, 5) is 63.0. The van der Waals surface area contributed by atoms with E-state index in [1.165, 1.54) is 0 Å². The van der Waals surface area contributed by atoms with Crippen LogP contribution in [0.1, 0.15) is 79.7 Å². The maximum Gasteiger partial charge on any atom is 0.244 e. The van der Waals surface area contributed by atoms with E-state index >= 15 is 0 Å². The van der Waals surface area contributed by atoms with Crippen LogP contribution in [0.4, 0.5) is 11.5 Å². The Bertz CT molecular complexity index is 1790. The van der Waals surface area contributed by atoms with Gasteiger partial charge in [-0.2, -0.15) is 0 Å². The minimum atomic E-state index is -0.690. The Morgan fingerprint density at radius 2 is 1.72 bits per heavy atom. The first kappa shape index (κ1) is 33.9. The molecule has 0 unspecified atom stereocenters. The normalized spacial score (nSPS) is 20.8. The van der Waals surface area contributed by atoms with E-state index in [4.69, 9.17) is 0 Å². The Morgan fingerprint density at radius 3 is 2.46 bits per heavy atom. The van der Waals surface area contributed by atoms with Crippen molar-refractivity contribution in [1.82, 2.24) is 20.1 Å². The quantitative estimate of drug-likeness (QED) is 0.279. The van der Waals surface area contributed by atoms with Gasteiger partial charge in [0.25, 0.3) is 0 Å². The molecule has 3 heterocycles. The number of aromatic nitrogens is 1. The average Bonchev–Trinajstić information content (AvgIpc) is 3.87. The van der Waals surface area contributed by atoms with Crippen molar-refractivity contribution < 1.29 is 19.2 Å². The molecule has 50 heavy (non-hydrogen) atoms. The second kappa shape index (κ2) is 14.0. The molecule has 0 radical (unpaired) electrons. The summed E-state index contributed by atoms with van der Waals surface area (Å²) in [5.41, 5.74) is 4.40. The van der Waals surface area contributed by atoms with Gasteiger partial charge in [0.2, 0.25) is 23.6 Å². The van der Waals surface area contributed by atoms with Crippen molar-refractivity contribution in [3.05, 3.63) is 88.6 Å². The number of hydrogen-bond donors (Lipinski definition) is 3. The van der Waals surface area contributed by atoms with E-state index in [9.17, 15) is 19.2 Å². The van der Waals surface area contributed by atoms with Crippen LogP contribution in [0.25, 0.3) is 0 Å². The lowest BCUT2D eigenvalue weighted by molar-refractivity contribution is -0.151. The zero-order valence-corrected chi connectivity index (χ0v) is 29.2. The van der Waals surface area contributed by atoms with Crippen molar-refractivity contribution in [1.29, 1.82) is 0 Å². The first-order chi connectivity index (χ1) is 24.2. The van der Waals surface area contributed by atoms with Crippen LogP contribution < -0.4 is 16.0 Å². The van der Waals surface area contributed by atoms with Gasteiger partial charge in [-0.15, -0.1) is 0 Å². The number of fused-ring (bicyclic) bond motifs is 3. The third-order valence-corrected chi connectivity index (χ3v) is 11.8. The number of anilines is 2. The zero-order chi connectivity index (χ0) is 34.9. The molecule has 10 nitrogen and oxygen atoms in total. The lowest BCUT2D eigenvalue weighted by Crippen LogP contribution is -2.53. The molecular weight excluding hydrogens is 628 g/mol. The van der Waals surface area contributed by atoms with Gasteiger partial charge >= 0.3 is 0 Å². The van der Waals surface area contributed by atoms with Crippen molar-refractivity contribution in [3.8, 4) is 0 Å². The number of pyridine rings is 1. The number of amides is 4. The van der Waals surface area contributed by atoms with Gasteiger partial charge in [0, 0.05) is 49.5 Å². The fourth-order valence-electron chi connectivity index (χ4n) is 8.84. The first-order valence-electron chi connectivity index (χ1n) is 18.2. The van der Waals surface area contributed by atoms with Gasteiger partial charge in [0.15, 0.2) is 0 Å². The predicted octanol–water partition coefficient (Wildman–Crippen LogP) is 4.97. The summed E-state index contributed by atoms with van der Waals surface area (Å²) in [6.45, 7) is 4.06. The smallest absolute Gasteiger partial charge is 0.244 e. The summed E-state index contributed by atoms with van der Waals surface area (Å²) in [6, 6.07) is 17.7. The Kier molecular flexibility index (Phi) is 9.48. The van der Waals surface area contributed by atoms with Crippen LogP contribution >= 0.6 is 0 Å². The minimum absolute atomic E-state index is 0.0298. The lowest BCUT2D eigenvalue weighted by Gasteiger charge is -2.43. The molecule has 3 N–H and O–H groups in total. The van der Waals surface area contributed by atoms with Crippen LogP contribution in [0.15, 0.2) is 60.8 Å². The lowest BCUT2D eigenvalue weighted by atomic mass is 9.74. The topological polar surface area (TPSA) is 124 Å². The second-order valence-corrected chi connectivity index (χ2v) is 14.7. The largest absolute Gasteiger partial charge is 0.342 e. The van der Waals surface area contributed by atoms with Gasteiger partial charge in [-0.25, -0.2) is 4.98 Å². The molecule has 1 aromatic heterocycles. The Balaban J connectivity index is 1.08. The molecule has 1 saturated carbocycles. The molecule has 1 spiro atoms. The number of carbonyl (C=O) groups excluding carboxylic acids is 4. The van der Waals surface area contributed by atoms with Crippen LogP contribution in [0.2, 0.25) is 0 Å². The number of benzene rings is 2. The molecule has 2 aromatic carbocycles. The molecule has 0 bridgehead atoms. The summed E-state index contributed by atoms with van der Waals surface area (Å²) in [7, 11) is 1.90. The first-order valence-corrected chi connectivity index (χ1v) is 18.2. The number of rotatable bonds is 10. The van der Waals surface area contributed by atoms with E-state index < -0.39 is 10.8 Å². The summed E-state index contributed by atoms with van der Waals surface area (Å²) < 4.78 is 0. The molecular formula is C40H48N6O4. The highest BCUT2D eigenvalue weighted by molar-refractivity contribution is 6.06. The SMILES string of the molecule is CCC1(C(=O)N(CC(=O)Nc2ccc3c(c2)C[C@@]2(C3)C(=O)Nc3ncccc32)Cc2ccccc2CNC)CCN(C(=O)C2CCCC2)CC1.